The third-order valence-corrected chi connectivity index (χ3v) is 3.77. The monoisotopic (exact) mass is 313 g/mol. The Morgan fingerprint density at radius 3 is 2.95 bits per heavy atom. The van der Waals surface area contributed by atoms with E-state index in [0.29, 0.717) is 12.1 Å². The number of alkyl halides is 2. The number of nitrogens with one attached hydrogen (secondary N) is 1. The molecule has 7 heteroatoms. The molecular weight excluding hydrogens is 292 g/mol. The van der Waals surface area contributed by atoms with Crippen molar-refractivity contribution in [3.05, 3.63) is 30.1 Å². The Balaban J connectivity index is 2.08. The molecule has 1 aromatic rings. The van der Waals surface area contributed by atoms with Gasteiger partial charge in [0.25, 0.3) is 5.92 Å². The van der Waals surface area contributed by atoms with E-state index < -0.39 is 37.6 Å². The van der Waals surface area contributed by atoms with Gasteiger partial charge in [0.1, 0.15) is 0 Å². The van der Waals surface area contributed by atoms with Gasteiger partial charge in [-0.05, 0) is 18.6 Å². The zero-order valence-corrected chi connectivity index (χ0v) is 12.5. The molecule has 2 rings (SSSR count). The molecular formula is C15H21F2N3O2. The molecule has 22 heavy (non-hydrogen) atoms. The lowest BCUT2D eigenvalue weighted by molar-refractivity contribution is 0.0140. The fourth-order valence-electron chi connectivity index (χ4n) is 2.70. The largest absolute Gasteiger partial charge is 0.394 e. The minimum atomic E-state index is -2.95. The molecule has 0 aliphatic carbocycles. The second-order valence-electron chi connectivity index (χ2n) is 5.57. The van der Waals surface area contributed by atoms with E-state index in [1.807, 2.05) is 13.0 Å². The van der Waals surface area contributed by atoms with Gasteiger partial charge in [-0.15, -0.1) is 0 Å². The zero-order chi connectivity index (χ0) is 16.2. The highest BCUT2D eigenvalue weighted by Crippen LogP contribution is 2.32. The molecule has 1 aliphatic heterocycles. The van der Waals surface area contributed by atoms with Gasteiger partial charge < -0.3 is 15.3 Å². The highest BCUT2D eigenvalue weighted by atomic mass is 19.3. The average molecular weight is 313 g/mol. The van der Waals surface area contributed by atoms with Crippen molar-refractivity contribution in [2.75, 3.05) is 13.2 Å². The summed E-state index contributed by atoms with van der Waals surface area (Å²) >= 11 is 0. The SMILES string of the molecule is CCCC(NC(=O)N1CC(F)(F)CC1CO)c1ccccn1. The number of urea groups is 1. The smallest absolute Gasteiger partial charge is 0.318 e. The second-order valence-corrected chi connectivity index (χ2v) is 5.57. The Hall–Kier alpha value is -1.76. The lowest BCUT2D eigenvalue weighted by Gasteiger charge is -2.26. The van der Waals surface area contributed by atoms with E-state index in [0.717, 1.165) is 11.3 Å². The van der Waals surface area contributed by atoms with E-state index >= 15 is 0 Å². The van der Waals surface area contributed by atoms with Gasteiger partial charge >= 0.3 is 6.03 Å². The molecule has 122 valence electrons. The van der Waals surface area contributed by atoms with Crippen molar-refractivity contribution < 1.29 is 18.7 Å². The van der Waals surface area contributed by atoms with Crippen LogP contribution in [0, 0.1) is 0 Å². The maximum absolute atomic E-state index is 13.5. The molecule has 0 saturated carbocycles. The van der Waals surface area contributed by atoms with E-state index in [1.165, 1.54) is 0 Å². The van der Waals surface area contributed by atoms with Gasteiger partial charge in [-0.2, -0.15) is 0 Å². The highest BCUT2D eigenvalue weighted by Gasteiger charge is 2.47. The van der Waals surface area contributed by atoms with Gasteiger partial charge in [-0.3, -0.25) is 4.98 Å². The van der Waals surface area contributed by atoms with Crippen LogP contribution in [0.25, 0.3) is 0 Å². The molecule has 1 aliphatic rings. The second kappa shape index (κ2) is 7.00. The summed E-state index contributed by atoms with van der Waals surface area (Å²) in [5.74, 6) is -2.95. The lowest BCUT2D eigenvalue weighted by Crippen LogP contribution is -2.46. The summed E-state index contributed by atoms with van der Waals surface area (Å²) in [4.78, 5) is 17.5. The van der Waals surface area contributed by atoms with Crippen LogP contribution >= 0.6 is 0 Å². The molecule has 2 N–H and O–H groups in total. The Bertz CT molecular complexity index is 499. The molecule has 0 aromatic carbocycles. The zero-order valence-electron chi connectivity index (χ0n) is 12.5. The Morgan fingerprint density at radius 1 is 1.59 bits per heavy atom. The lowest BCUT2D eigenvalue weighted by atomic mass is 10.1. The average Bonchev–Trinajstić information content (AvgIpc) is 2.83. The number of aliphatic hydroxyl groups excluding tert-OH is 1. The van der Waals surface area contributed by atoms with Gasteiger partial charge in [0.05, 0.1) is 30.9 Å². The Kier molecular flexibility index (Phi) is 5.28. The minimum absolute atomic E-state index is 0.327. The number of carbonyl (C=O) groups is 1. The van der Waals surface area contributed by atoms with Crippen molar-refractivity contribution in [2.45, 2.75) is 44.2 Å². The third kappa shape index (κ3) is 3.91. The predicted octanol–water partition coefficient (Wildman–Crippen LogP) is 2.33. The number of aromatic nitrogens is 1. The number of nitrogens with zero attached hydrogens (tertiary/aromatic N) is 2. The number of amides is 2. The number of hydrogen-bond acceptors (Lipinski definition) is 3. The molecule has 1 fully saturated rings. The number of hydrogen-bond donors (Lipinski definition) is 2. The van der Waals surface area contributed by atoms with Crippen LogP contribution in [0.1, 0.15) is 37.9 Å². The van der Waals surface area contributed by atoms with Crippen LogP contribution < -0.4 is 5.32 Å². The molecule has 2 unspecified atom stereocenters. The number of carbonyl (C=O) groups excluding carboxylic acids is 1. The first-order valence-electron chi connectivity index (χ1n) is 7.43. The topological polar surface area (TPSA) is 65.5 Å². The van der Waals surface area contributed by atoms with Crippen molar-refractivity contribution in [1.29, 1.82) is 0 Å². The standard InChI is InChI=1S/C15H21F2N3O2/c1-2-5-13(12-6-3-4-7-18-12)19-14(22)20-10-15(16,17)8-11(20)9-21/h3-4,6-7,11,13,21H,2,5,8-10H2,1H3,(H,19,22). The first-order valence-corrected chi connectivity index (χ1v) is 7.43. The van der Waals surface area contributed by atoms with Gasteiger partial charge in [0, 0.05) is 12.6 Å². The number of aliphatic hydroxyl groups is 1. The van der Waals surface area contributed by atoms with Gasteiger partial charge in [-0.25, -0.2) is 13.6 Å². The van der Waals surface area contributed by atoms with Crippen LogP contribution in [0.3, 0.4) is 0 Å². The molecule has 0 bridgehead atoms. The van der Waals surface area contributed by atoms with E-state index in [2.05, 4.69) is 10.3 Å². The van der Waals surface area contributed by atoms with Crippen LogP contribution in [-0.4, -0.2) is 46.1 Å². The van der Waals surface area contributed by atoms with Crippen molar-refractivity contribution in [2.24, 2.45) is 0 Å². The Morgan fingerprint density at radius 2 is 2.36 bits per heavy atom. The van der Waals surface area contributed by atoms with Crippen LogP contribution in [0.15, 0.2) is 24.4 Å². The van der Waals surface area contributed by atoms with E-state index in [4.69, 9.17) is 0 Å². The number of likely N-dealkylation sites (tertiary alicyclic amines) is 1. The maximum atomic E-state index is 13.5. The summed E-state index contributed by atoms with van der Waals surface area (Å²) in [5.41, 5.74) is 0.698. The van der Waals surface area contributed by atoms with Crippen molar-refractivity contribution in [3.8, 4) is 0 Å². The van der Waals surface area contributed by atoms with Crippen molar-refractivity contribution in [1.82, 2.24) is 15.2 Å². The molecule has 1 aromatic heterocycles. The van der Waals surface area contributed by atoms with Crippen LogP contribution in [0.4, 0.5) is 13.6 Å². The molecule has 2 heterocycles. The summed E-state index contributed by atoms with van der Waals surface area (Å²) in [5, 5.41) is 12.0. The quantitative estimate of drug-likeness (QED) is 0.877. The van der Waals surface area contributed by atoms with Crippen LogP contribution in [0.5, 0.6) is 0 Å². The van der Waals surface area contributed by atoms with Gasteiger partial charge in [0.15, 0.2) is 0 Å². The third-order valence-electron chi connectivity index (χ3n) is 3.77. The van der Waals surface area contributed by atoms with Crippen LogP contribution in [-0.2, 0) is 0 Å². The fraction of sp³-hybridized carbons (Fsp3) is 0.600. The van der Waals surface area contributed by atoms with Crippen molar-refractivity contribution in [3.63, 3.8) is 0 Å². The first kappa shape index (κ1) is 16.6. The summed E-state index contributed by atoms with van der Waals surface area (Å²) in [6.07, 6.45) is 2.61. The number of rotatable bonds is 5. The number of halogens is 2. The summed E-state index contributed by atoms with van der Waals surface area (Å²) in [6, 6.07) is 3.63. The van der Waals surface area contributed by atoms with E-state index in [-0.39, 0.29) is 6.04 Å². The molecule has 2 atom stereocenters. The summed E-state index contributed by atoms with van der Waals surface area (Å²) < 4.78 is 26.9. The molecule has 2 amide bonds. The minimum Gasteiger partial charge on any atom is -0.394 e. The predicted molar refractivity (Wildman–Crippen MR) is 77.6 cm³/mol. The maximum Gasteiger partial charge on any atom is 0.318 e. The normalized spacial score (nSPS) is 21.6. The fourth-order valence-corrected chi connectivity index (χ4v) is 2.70. The summed E-state index contributed by atoms with van der Waals surface area (Å²) in [6.45, 7) is 0.846. The van der Waals surface area contributed by atoms with Gasteiger partial charge in [-0.1, -0.05) is 19.4 Å². The van der Waals surface area contributed by atoms with E-state index in [9.17, 15) is 18.7 Å². The van der Waals surface area contributed by atoms with Gasteiger partial charge in [0.2, 0.25) is 0 Å². The number of pyridine rings is 1. The highest BCUT2D eigenvalue weighted by molar-refractivity contribution is 5.75. The molecule has 5 nitrogen and oxygen atoms in total. The first-order chi connectivity index (χ1) is 10.5. The van der Waals surface area contributed by atoms with Crippen molar-refractivity contribution >= 4 is 6.03 Å². The molecule has 1 saturated heterocycles. The van der Waals surface area contributed by atoms with Crippen LogP contribution in [0.2, 0.25) is 0 Å². The van der Waals surface area contributed by atoms with E-state index in [1.54, 1.807) is 18.3 Å². The molecule has 0 spiro atoms. The summed E-state index contributed by atoms with van der Waals surface area (Å²) in [7, 11) is 0. The Labute approximate surface area is 128 Å². The molecule has 0 radical (unpaired) electrons.